The molecule has 0 radical (unpaired) electrons. The van der Waals surface area contributed by atoms with Crippen molar-refractivity contribution in [2.75, 3.05) is 5.73 Å². The summed E-state index contributed by atoms with van der Waals surface area (Å²) in [5, 5.41) is 10.9. The Morgan fingerprint density at radius 3 is 2.46 bits per heavy atom. The van der Waals surface area contributed by atoms with Crippen molar-refractivity contribution in [1.29, 1.82) is 0 Å². The van der Waals surface area contributed by atoms with E-state index in [4.69, 9.17) is 5.73 Å². The van der Waals surface area contributed by atoms with Crippen LogP contribution in [-0.2, 0) is 6.54 Å². The Bertz CT molecular complexity index is 1090. The molecule has 4 aromatic rings. The Kier molecular flexibility index (Phi) is 3.77. The molecule has 8 heteroatoms. The molecule has 2 N–H and O–H groups in total. The van der Waals surface area contributed by atoms with Crippen LogP contribution in [0.2, 0.25) is 0 Å². The molecule has 2 aromatic carbocycles. The van der Waals surface area contributed by atoms with Gasteiger partial charge < -0.3 is 10.3 Å². The first-order valence-corrected chi connectivity index (χ1v) is 7.89. The first-order chi connectivity index (χ1) is 12.6. The van der Waals surface area contributed by atoms with Crippen LogP contribution in [0.15, 0.2) is 60.9 Å². The Morgan fingerprint density at radius 2 is 1.77 bits per heavy atom. The van der Waals surface area contributed by atoms with Gasteiger partial charge in [0.1, 0.15) is 12.2 Å². The number of nitrogens with two attached hydrogens (primary N) is 1. The summed E-state index contributed by atoms with van der Waals surface area (Å²) in [6, 6.07) is 16.1. The Labute approximate surface area is 148 Å². The van der Waals surface area contributed by atoms with Gasteiger partial charge in [-0.15, -0.1) is 0 Å². The number of benzene rings is 2. The molecule has 4 rings (SSSR count). The third kappa shape index (κ3) is 2.73. The molecule has 26 heavy (non-hydrogen) atoms. The lowest BCUT2D eigenvalue weighted by Gasteiger charge is -2.09. The molecule has 2 heterocycles. The van der Waals surface area contributed by atoms with E-state index in [2.05, 4.69) is 15.0 Å². The minimum Gasteiger partial charge on any atom is -0.382 e. The van der Waals surface area contributed by atoms with Gasteiger partial charge in [-0.05, 0) is 17.7 Å². The van der Waals surface area contributed by atoms with Gasteiger partial charge in [0.2, 0.25) is 0 Å². The predicted molar refractivity (Wildman–Crippen MR) is 97.4 cm³/mol. The van der Waals surface area contributed by atoms with Crippen molar-refractivity contribution in [2.24, 2.45) is 0 Å². The Balaban J connectivity index is 1.89. The van der Waals surface area contributed by atoms with Crippen LogP contribution >= 0.6 is 0 Å². The number of imidazole rings is 1. The number of hydrogen-bond acceptors (Lipinski definition) is 6. The number of nitro benzene ring substituents is 1. The van der Waals surface area contributed by atoms with Gasteiger partial charge in [-0.1, -0.05) is 30.3 Å². The molecule has 0 unspecified atom stereocenters. The lowest BCUT2D eigenvalue weighted by molar-refractivity contribution is -0.384. The number of non-ortho nitro benzene ring substituents is 1. The number of nitrogens with zero attached hydrogens (tertiary/aromatic N) is 5. The van der Waals surface area contributed by atoms with E-state index in [0.29, 0.717) is 29.4 Å². The van der Waals surface area contributed by atoms with Gasteiger partial charge in [0, 0.05) is 17.7 Å². The third-order valence-electron chi connectivity index (χ3n) is 4.08. The molecule has 0 spiro atoms. The van der Waals surface area contributed by atoms with Crippen LogP contribution < -0.4 is 5.73 Å². The molecule has 0 fully saturated rings. The van der Waals surface area contributed by atoms with E-state index in [1.807, 2.05) is 34.9 Å². The zero-order valence-electron chi connectivity index (χ0n) is 13.6. The zero-order valence-corrected chi connectivity index (χ0v) is 13.6. The molecule has 0 saturated carbocycles. The monoisotopic (exact) mass is 346 g/mol. The highest BCUT2D eigenvalue weighted by atomic mass is 16.6. The van der Waals surface area contributed by atoms with E-state index in [1.165, 1.54) is 18.5 Å². The fraction of sp³-hybridized carbons (Fsp3) is 0.0556. The molecule has 0 aliphatic heterocycles. The van der Waals surface area contributed by atoms with Gasteiger partial charge in [-0.3, -0.25) is 10.1 Å². The maximum absolute atomic E-state index is 10.9. The van der Waals surface area contributed by atoms with Crippen LogP contribution in [0.25, 0.3) is 22.6 Å². The van der Waals surface area contributed by atoms with Gasteiger partial charge in [-0.25, -0.2) is 15.0 Å². The minimum atomic E-state index is -0.430. The smallest absolute Gasteiger partial charge is 0.269 e. The summed E-state index contributed by atoms with van der Waals surface area (Å²) in [5.41, 5.74) is 8.93. The normalized spacial score (nSPS) is 10.9. The van der Waals surface area contributed by atoms with Gasteiger partial charge in [0.15, 0.2) is 17.0 Å². The second-order valence-corrected chi connectivity index (χ2v) is 5.74. The van der Waals surface area contributed by atoms with Crippen molar-refractivity contribution in [2.45, 2.75) is 6.54 Å². The number of aromatic nitrogens is 4. The first-order valence-electron chi connectivity index (χ1n) is 7.89. The average molecular weight is 346 g/mol. The van der Waals surface area contributed by atoms with E-state index < -0.39 is 4.92 Å². The summed E-state index contributed by atoms with van der Waals surface area (Å²) in [7, 11) is 0. The molecule has 0 atom stereocenters. The van der Waals surface area contributed by atoms with E-state index in [0.717, 1.165) is 11.1 Å². The number of nitrogen functional groups attached to an aromatic ring is 1. The topological polar surface area (TPSA) is 113 Å². The van der Waals surface area contributed by atoms with Crippen LogP contribution in [-0.4, -0.2) is 24.4 Å². The maximum atomic E-state index is 10.9. The first kappa shape index (κ1) is 15.7. The third-order valence-corrected chi connectivity index (χ3v) is 4.08. The molecular formula is C18H14N6O2. The molecular weight excluding hydrogens is 332 g/mol. The van der Waals surface area contributed by atoms with E-state index in [1.54, 1.807) is 12.1 Å². The SMILES string of the molecule is Nc1ncnc2c1nc(-c1ccc([N+](=O)[O-])cc1)n2Cc1ccccc1. The Hall–Kier alpha value is -3.81. The van der Waals surface area contributed by atoms with Gasteiger partial charge >= 0.3 is 0 Å². The lowest BCUT2D eigenvalue weighted by Crippen LogP contribution is -2.03. The maximum Gasteiger partial charge on any atom is 0.269 e. The van der Waals surface area contributed by atoms with Crippen molar-refractivity contribution in [1.82, 2.24) is 19.5 Å². The zero-order chi connectivity index (χ0) is 18.1. The second-order valence-electron chi connectivity index (χ2n) is 5.74. The van der Waals surface area contributed by atoms with E-state index in [9.17, 15) is 10.1 Å². The molecule has 0 aliphatic carbocycles. The van der Waals surface area contributed by atoms with Gasteiger partial charge in [-0.2, -0.15) is 0 Å². The van der Waals surface area contributed by atoms with Crippen molar-refractivity contribution in [3.63, 3.8) is 0 Å². The van der Waals surface area contributed by atoms with E-state index >= 15 is 0 Å². The molecule has 0 bridgehead atoms. The summed E-state index contributed by atoms with van der Waals surface area (Å²) in [6.45, 7) is 0.542. The molecule has 128 valence electrons. The minimum absolute atomic E-state index is 0.0266. The number of hydrogen-bond donors (Lipinski definition) is 1. The highest BCUT2D eigenvalue weighted by molar-refractivity contribution is 5.85. The molecule has 2 aromatic heterocycles. The summed E-state index contributed by atoms with van der Waals surface area (Å²) < 4.78 is 1.93. The number of nitro groups is 1. The average Bonchev–Trinajstić information content (AvgIpc) is 3.03. The van der Waals surface area contributed by atoms with Gasteiger partial charge in [0.05, 0.1) is 11.5 Å². The van der Waals surface area contributed by atoms with Crippen molar-refractivity contribution in [3.8, 4) is 11.4 Å². The number of anilines is 1. The van der Waals surface area contributed by atoms with Crippen LogP contribution in [0.5, 0.6) is 0 Å². The Morgan fingerprint density at radius 1 is 1.04 bits per heavy atom. The fourth-order valence-corrected chi connectivity index (χ4v) is 2.82. The highest BCUT2D eigenvalue weighted by Gasteiger charge is 2.17. The summed E-state index contributed by atoms with van der Waals surface area (Å²) in [4.78, 5) is 23.4. The molecule has 0 amide bonds. The fourth-order valence-electron chi connectivity index (χ4n) is 2.82. The van der Waals surface area contributed by atoms with Crippen LogP contribution in [0.4, 0.5) is 11.5 Å². The van der Waals surface area contributed by atoms with Gasteiger partial charge in [0.25, 0.3) is 5.69 Å². The second kappa shape index (κ2) is 6.25. The summed E-state index contributed by atoms with van der Waals surface area (Å²) in [6.07, 6.45) is 1.40. The van der Waals surface area contributed by atoms with Crippen LogP contribution in [0.1, 0.15) is 5.56 Å². The van der Waals surface area contributed by atoms with Crippen molar-refractivity contribution in [3.05, 3.63) is 76.6 Å². The highest BCUT2D eigenvalue weighted by Crippen LogP contribution is 2.28. The largest absolute Gasteiger partial charge is 0.382 e. The van der Waals surface area contributed by atoms with Crippen molar-refractivity contribution >= 4 is 22.7 Å². The van der Waals surface area contributed by atoms with Crippen LogP contribution in [0, 0.1) is 10.1 Å². The lowest BCUT2D eigenvalue weighted by atomic mass is 10.2. The van der Waals surface area contributed by atoms with E-state index in [-0.39, 0.29) is 5.69 Å². The standard InChI is InChI=1S/C18H14N6O2/c19-16-15-18(21-11-20-16)23(10-12-4-2-1-3-5-12)17(22-15)13-6-8-14(9-7-13)24(25)26/h1-9,11H,10H2,(H2,19,20,21). The summed E-state index contributed by atoms with van der Waals surface area (Å²) >= 11 is 0. The molecule has 8 nitrogen and oxygen atoms in total. The number of fused-ring (bicyclic) bond motifs is 1. The summed E-state index contributed by atoms with van der Waals surface area (Å²) in [5.74, 6) is 0.927. The molecule has 0 saturated heterocycles. The van der Waals surface area contributed by atoms with Crippen LogP contribution in [0.3, 0.4) is 0 Å². The number of rotatable bonds is 4. The molecule has 0 aliphatic rings. The van der Waals surface area contributed by atoms with Crippen molar-refractivity contribution < 1.29 is 4.92 Å². The predicted octanol–water partition coefficient (Wildman–Crippen LogP) is 3.03. The quantitative estimate of drug-likeness (QED) is 0.449.